The van der Waals surface area contributed by atoms with Gasteiger partial charge in [0.05, 0.1) is 11.6 Å². The van der Waals surface area contributed by atoms with Crippen molar-refractivity contribution in [2.45, 2.75) is 47.2 Å². The molecular formula is C19H22ClN3O2. The number of hydrogen-bond acceptors (Lipinski definition) is 5. The van der Waals surface area contributed by atoms with Crippen LogP contribution in [0.5, 0.6) is 0 Å². The predicted octanol–water partition coefficient (Wildman–Crippen LogP) is 3.57. The zero-order valence-corrected chi connectivity index (χ0v) is 15.8. The molecule has 6 heteroatoms. The maximum absolute atomic E-state index is 11.9. The lowest BCUT2D eigenvalue weighted by atomic mass is 9.87. The average Bonchev–Trinajstić information content (AvgIpc) is 2.54. The Morgan fingerprint density at radius 3 is 2.32 bits per heavy atom. The summed E-state index contributed by atoms with van der Waals surface area (Å²) in [5.74, 6) is 0. The van der Waals surface area contributed by atoms with Crippen molar-refractivity contribution in [3.63, 3.8) is 0 Å². The molecule has 1 atom stereocenters. The van der Waals surface area contributed by atoms with E-state index in [4.69, 9.17) is 16.9 Å². The third kappa shape index (κ3) is 3.85. The minimum Gasteiger partial charge on any atom is -0.377 e. The first-order valence-corrected chi connectivity index (χ1v) is 8.47. The van der Waals surface area contributed by atoms with Gasteiger partial charge in [-0.3, -0.25) is 9.59 Å². The summed E-state index contributed by atoms with van der Waals surface area (Å²) in [7, 11) is 0. The summed E-state index contributed by atoms with van der Waals surface area (Å²) in [4.78, 5) is 23.8. The fourth-order valence-corrected chi connectivity index (χ4v) is 2.70. The fourth-order valence-electron chi connectivity index (χ4n) is 2.37. The first-order chi connectivity index (χ1) is 11.6. The van der Waals surface area contributed by atoms with E-state index in [0.717, 1.165) is 11.1 Å². The summed E-state index contributed by atoms with van der Waals surface area (Å²) in [6, 6.07) is 5.41. The summed E-state index contributed by atoms with van der Waals surface area (Å²) < 4.78 is 0. The topological polar surface area (TPSA) is 82.0 Å². The first-order valence-electron chi connectivity index (χ1n) is 8.09. The monoisotopic (exact) mass is 359 g/mol. The van der Waals surface area contributed by atoms with Gasteiger partial charge < -0.3 is 10.6 Å². The van der Waals surface area contributed by atoms with E-state index in [1.807, 2.05) is 13.8 Å². The van der Waals surface area contributed by atoms with Gasteiger partial charge in [0.15, 0.2) is 0 Å². The number of hydrogen-bond donors (Lipinski definition) is 2. The molecule has 25 heavy (non-hydrogen) atoms. The maximum atomic E-state index is 11.9. The van der Waals surface area contributed by atoms with Crippen molar-refractivity contribution in [2.75, 3.05) is 10.6 Å². The van der Waals surface area contributed by atoms with E-state index in [1.165, 1.54) is 0 Å². The molecule has 0 saturated carbocycles. The van der Waals surface area contributed by atoms with Crippen molar-refractivity contribution in [1.82, 2.24) is 0 Å². The molecular weight excluding hydrogens is 338 g/mol. The van der Waals surface area contributed by atoms with E-state index in [1.54, 1.807) is 12.1 Å². The summed E-state index contributed by atoms with van der Waals surface area (Å²) >= 11 is 6.23. The molecule has 2 aromatic rings. The molecule has 0 aliphatic carbocycles. The van der Waals surface area contributed by atoms with E-state index in [-0.39, 0.29) is 11.5 Å². The van der Waals surface area contributed by atoms with Gasteiger partial charge in [-0.15, -0.1) is 0 Å². The summed E-state index contributed by atoms with van der Waals surface area (Å²) in [5.41, 5.74) is 1.69. The molecule has 0 radical (unpaired) electrons. The zero-order valence-electron chi connectivity index (χ0n) is 15.1. The van der Waals surface area contributed by atoms with E-state index in [2.05, 4.69) is 37.5 Å². The molecule has 0 amide bonds. The largest absolute Gasteiger partial charge is 0.377 e. The number of rotatable bonds is 5. The molecule has 0 aliphatic heterocycles. The van der Waals surface area contributed by atoms with Crippen molar-refractivity contribution in [2.24, 2.45) is 5.41 Å². The Morgan fingerprint density at radius 2 is 1.80 bits per heavy atom. The van der Waals surface area contributed by atoms with Gasteiger partial charge in [-0.1, -0.05) is 32.4 Å². The minimum atomic E-state index is -0.522. The van der Waals surface area contributed by atoms with Gasteiger partial charge >= 0.3 is 0 Å². The lowest BCUT2D eigenvalue weighted by Gasteiger charge is -2.30. The number of benzene rings is 1. The summed E-state index contributed by atoms with van der Waals surface area (Å²) in [6.45, 7) is 10.3. The van der Waals surface area contributed by atoms with Crippen molar-refractivity contribution in [1.29, 1.82) is 5.26 Å². The normalized spacial score (nSPS) is 12.7. The second-order valence-electron chi connectivity index (χ2n) is 7.36. The highest BCUT2D eigenvalue weighted by atomic mass is 35.5. The van der Waals surface area contributed by atoms with Crippen LogP contribution in [0.3, 0.4) is 0 Å². The van der Waals surface area contributed by atoms with Crippen LogP contribution in [-0.4, -0.2) is 6.04 Å². The Morgan fingerprint density at radius 1 is 1.20 bits per heavy atom. The Hall–Kier alpha value is -2.32. The van der Waals surface area contributed by atoms with Crippen LogP contribution in [0.25, 0.3) is 0 Å². The number of aryl methyl sites for hydroxylation is 1. The number of nitriles is 1. The SMILES string of the molecule is Cc1cc(C#N)cc(Cl)c1CNc1c(NC(C)C(C)(C)C)c(=O)c1=O. The molecule has 5 nitrogen and oxygen atoms in total. The van der Waals surface area contributed by atoms with Gasteiger partial charge in [0.25, 0.3) is 10.9 Å². The highest BCUT2D eigenvalue weighted by molar-refractivity contribution is 6.31. The fraction of sp³-hybridized carbons (Fsp3) is 0.421. The van der Waals surface area contributed by atoms with Crippen molar-refractivity contribution in [3.8, 4) is 6.07 Å². The maximum Gasteiger partial charge on any atom is 0.253 e. The Kier molecular flexibility index (Phi) is 5.24. The minimum absolute atomic E-state index is 0.0246. The second kappa shape index (κ2) is 6.89. The van der Waals surface area contributed by atoms with Crippen molar-refractivity contribution >= 4 is 23.0 Å². The van der Waals surface area contributed by atoms with Crippen molar-refractivity contribution < 1.29 is 0 Å². The van der Waals surface area contributed by atoms with Gasteiger partial charge in [-0.2, -0.15) is 5.26 Å². The molecule has 0 bridgehead atoms. The van der Waals surface area contributed by atoms with Gasteiger partial charge in [-0.05, 0) is 42.5 Å². The van der Waals surface area contributed by atoms with Crippen LogP contribution >= 0.6 is 11.6 Å². The zero-order chi connectivity index (χ0) is 18.9. The molecule has 2 N–H and O–H groups in total. The Bertz CT molecular complexity index is 889. The molecule has 132 valence electrons. The third-order valence-corrected chi connectivity index (χ3v) is 4.90. The molecule has 0 heterocycles. The summed E-state index contributed by atoms with van der Waals surface area (Å²) in [6.07, 6.45) is 0. The van der Waals surface area contributed by atoms with Crippen LogP contribution in [0, 0.1) is 23.7 Å². The molecule has 0 fully saturated rings. The predicted molar refractivity (Wildman–Crippen MR) is 102 cm³/mol. The Balaban J connectivity index is 2.21. The number of nitrogens with zero attached hydrogens (tertiary/aromatic N) is 1. The molecule has 0 aliphatic rings. The highest BCUT2D eigenvalue weighted by Crippen LogP contribution is 2.27. The molecule has 1 unspecified atom stereocenters. The first kappa shape index (κ1) is 19.0. The van der Waals surface area contributed by atoms with Gasteiger partial charge in [-0.25, -0.2) is 0 Å². The van der Waals surface area contributed by atoms with Crippen LogP contribution < -0.4 is 21.5 Å². The lowest BCUT2D eigenvalue weighted by Crippen LogP contribution is -2.42. The molecule has 0 saturated heterocycles. The summed E-state index contributed by atoms with van der Waals surface area (Å²) in [5, 5.41) is 15.6. The smallest absolute Gasteiger partial charge is 0.253 e. The van der Waals surface area contributed by atoms with Gasteiger partial charge in [0.2, 0.25) is 0 Å². The van der Waals surface area contributed by atoms with E-state index in [0.29, 0.717) is 28.5 Å². The van der Waals surface area contributed by atoms with Crippen molar-refractivity contribution in [3.05, 3.63) is 54.3 Å². The Labute approximate surface area is 152 Å². The quantitative estimate of drug-likeness (QED) is 0.797. The van der Waals surface area contributed by atoms with E-state index in [9.17, 15) is 9.59 Å². The van der Waals surface area contributed by atoms with Crippen LogP contribution in [0.2, 0.25) is 5.02 Å². The second-order valence-corrected chi connectivity index (χ2v) is 7.77. The van der Waals surface area contributed by atoms with E-state index < -0.39 is 10.9 Å². The average molecular weight is 360 g/mol. The molecule has 2 rings (SSSR count). The molecule has 0 spiro atoms. The number of anilines is 2. The van der Waals surface area contributed by atoms with E-state index >= 15 is 0 Å². The van der Waals surface area contributed by atoms with Gasteiger partial charge in [0.1, 0.15) is 11.4 Å². The highest BCUT2D eigenvalue weighted by Gasteiger charge is 2.26. The number of halogens is 1. The van der Waals surface area contributed by atoms with Gasteiger partial charge in [0, 0.05) is 17.6 Å². The van der Waals surface area contributed by atoms with Crippen LogP contribution in [0.15, 0.2) is 21.7 Å². The third-order valence-electron chi connectivity index (χ3n) is 4.56. The molecule has 0 aromatic heterocycles. The lowest BCUT2D eigenvalue weighted by molar-refractivity contribution is 0.359. The standard InChI is InChI=1S/C19H22ClN3O2/c1-10-6-12(8-21)7-14(20)13(10)9-22-15-16(18(25)17(15)24)23-11(2)19(3,4)5/h6-7,11,22-23H,9H2,1-5H3. The molecule has 2 aromatic carbocycles. The number of nitrogens with one attached hydrogen (secondary N) is 2. The van der Waals surface area contributed by atoms with Crippen LogP contribution in [0.1, 0.15) is 44.4 Å². The van der Waals surface area contributed by atoms with Crippen LogP contribution in [0.4, 0.5) is 11.4 Å². The van der Waals surface area contributed by atoms with Crippen LogP contribution in [-0.2, 0) is 6.54 Å².